The Morgan fingerprint density at radius 2 is 1.84 bits per heavy atom. The molecule has 0 spiro atoms. The Bertz CT molecular complexity index is 485. The monoisotopic (exact) mass is 273 g/mol. The molecule has 1 aromatic carbocycles. The second-order valence-electron chi connectivity index (χ2n) is 4.45. The first-order valence-electron chi connectivity index (χ1n) is 6.00. The topological polar surface area (TPSA) is 29.5 Å². The van der Waals surface area contributed by atoms with Gasteiger partial charge in [0.15, 0.2) is 17.5 Å². The van der Waals surface area contributed by atoms with Crippen molar-refractivity contribution in [2.24, 2.45) is 0 Å². The van der Waals surface area contributed by atoms with Gasteiger partial charge in [0.05, 0.1) is 11.7 Å². The van der Waals surface area contributed by atoms with E-state index in [1.165, 1.54) is 4.90 Å². The van der Waals surface area contributed by atoms with Crippen molar-refractivity contribution < 1.29 is 22.7 Å². The first-order valence-corrected chi connectivity index (χ1v) is 6.00. The number of ether oxygens (including phenoxy) is 1. The van der Waals surface area contributed by atoms with E-state index in [1.54, 1.807) is 7.11 Å². The summed E-state index contributed by atoms with van der Waals surface area (Å²) < 4.78 is 44.6. The molecule has 1 saturated heterocycles. The number of likely N-dealkylation sites (tertiary alicyclic amines) is 1. The van der Waals surface area contributed by atoms with Crippen LogP contribution in [-0.4, -0.2) is 37.1 Å². The molecule has 1 aromatic rings. The molecular formula is C13H14F3NO2. The molecule has 0 saturated carbocycles. The molecule has 1 aliphatic rings. The van der Waals surface area contributed by atoms with E-state index in [2.05, 4.69) is 0 Å². The lowest BCUT2D eigenvalue weighted by Gasteiger charge is -2.31. The van der Waals surface area contributed by atoms with Crippen molar-refractivity contribution >= 4 is 5.91 Å². The zero-order valence-electron chi connectivity index (χ0n) is 10.5. The van der Waals surface area contributed by atoms with Gasteiger partial charge in [0.1, 0.15) is 0 Å². The van der Waals surface area contributed by atoms with E-state index in [9.17, 15) is 18.0 Å². The lowest BCUT2D eigenvalue weighted by Crippen LogP contribution is -2.41. The van der Waals surface area contributed by atoms with Gasteiger partial charge in [-0.1, -0.05) is 0 Å². The van der Waals surface area contributed by atoms with Gasteiger partial charge in [-0.15, -0.1) is 0 Å². The second-order valence-corrected chi connectivity index (χ2v) is 4.45. The number of hydrogen-bond acceptors (Lipinski definition) is 2. The molecule has 0 bridgehead atoms. The molecule has 0 radical (unpaired) electrons. The highest BCUT2D eigenvalue weighted by Gasteiger charge is 2.27. The standard InChI is InChI=1S/C13H14F3NO2/c1-19-8-4-6-17(7-5-8)13(18)9-2-3-10(14)12(16)11(9)15/h2-3,8H,4-7H2,1H3. The Morgan fingerprint density at radius 1 is 1.21 bits per heavy atom. The van der Waals surface area contributed by atoms with Gasteiger partial charge in [-0.05, 0) is 25.0 Å². The van der Waals surface area contributed by atoms with Crippen LogP contribution in [0, 0.1) is 17.5 Å². The van der Waals surface area contributed by atoms with Crippen LogP contribution in [0.4, 0.5) is 13.2 Å². The number of halogens is 3. The van der Waals surface area contributed by atoms with Crippen molar-refractivity contribution in [1.29, 1.82) is 0 Å². The van der Waals surface area contributed by atoms with Gasteiger partial charge in [-0.3, -0.25) is 4.79 Å². The summed E-state index contributed by atoms with van der Waals surface area (Å²) in [5, 5.41) is 0. The fourth-order valence-electron chi connectivity index (χ4n) is 2.16. The summed E-state index contributed by atoms with van der Waals surface area (Å²) in [5.41, 5.74) is -0.435. The van der Waals surface area contributed by atoms with E-state index in [0.29, 0.717) is 25.9 Å². The first kappa shape index (κ1) is 13.9. The fourth-order valence-corrected chi connectivity index (χ4v) is 2.16. The predicted molar refractivity (Wildman–Crippen MR) is 62.3 cm³/mol. The van der Waals surface area contributed by atoms with Gasteiger partial charge < -0.3 is 9.64 Å². The van der Waals surface area contributed by atoms with Crippen molar-refractivity contribution in [3.63, 3.8) is 0 Å². The quantitative estimate of drug-likeness (QED) is 0.774. The Morgan fingerprint density at radius 3 is 2.42 bits per heavy atom. The van der Waals surface area contributed by atoms with Gasteiger partial charge in [-0.2, -0.15) is 0 Å². The molecule has 1 fully saturated rings. The molecule has 19 heavy (non-hydrogen) atoms. The minimum atomic E-state index is -1.61. The Hall–Kier alpha value is -1.56. The van der Waals surface area contributed by atoms with Crippen LogP contribution in [0.1, 0.15) is 23.2 Å². The normalized spacial score (nSPS) is 16.7. The summed E-state index contributed by atoms with van der Waals surface area (Å²) in [7, 11) is 1.59. The number of amides is 1. The van der Waals surface area contributed by atoms with Gasteiger partial charge in [0.2, 0.25) is 0 Å². The predicted octanol–water partition coefficient (Wildman–Crippen LogP) is 2.35. The number of benzene rings is 1. The molecule has 0 atom stereocenters. The van der Waals surface area contributed by atoms with Crippen LogP contribution in [0.25, 0.3) is 0 Å². The van der Waals surface area contributed by atoms with Crippen LogP contribution in [0.3, 0.4) is 0 Å². The summed E-state index contributed by atoms with van der Waals surface area (Å²) in [6, 6.07) is 1.73. The van der Waals surface area contributed by atoms with Crippen molar-refractivity contribution in [2.75, 3.05) is 20.2 Å². The average Bonchev–Trinajstić information content (AvgIpc) is 2.44. The van der Waals surface area contributed by atoms with E-state index in [-0.39, 0.29) is 6.10 Å². The minimum Gasteiger partial charge on any atom is -0.381 e. The Labute approximate surface area is 109 Å². The molecule has 104 valence electrons. The van der Waals surface area contributed by atoms with E-state index >= 15 is 0 Å². The highest BCUT2D eigenvalue weighted by molar-refractivity contribution is 5.94. The molecule has 1 heterocycles. The summed E-state index contributed by atoms with van der Waals surface area (Å²) in [5.74, 6) is -4.96. The molecule has 0 unspecified atom stereocenters. The van der Waals surface area contributed by atoms with Gasteiger partial charge in [0, 0.05) is 20.2 Å². The van der Waals surface area contributed by atoms with E-state index in [4.69, 9.17) is 4.74 Å². The summed E-state index contributed by atoms with van der Waals surface area (Å²) in [4.78, 5) is 13.5. The van der Waals surface area contributed by atoms with Crippen LogP contribution >= 0.6 is 0 Å². The van der Waals surface area contributed by atoms with Crippen LogP contribution in [0.5, 0.6) is 0 Å². The molecular weight excluding hydrogens is 259 g/mol. The largest absolute Gasteiger partial charge is 0.381 e. The number of rotatable bonds is 2. The second kappa shape index (κ2) is 5.61. The third-order valence-electron chi connectivity index (χ3n) is 3.33. The molecule has 2 rings (SSSR count). The first-order chi connectivity index (χ1) is 9.04. The average molecular weight is 273 g/mol. The molecule has 1 amide bonds. The number of nitrogens with zero attached hydrogens (tertiary/aromatic N) is 1. The van der Waals surface area contributed by atoms with E-state index in [1.807, 2.05) is 0 Å². The van der Waals surface area contributed by atoms with Crippen LogP contribution < -0.4 is 0 Å². The SMILES string of the molecule is COC1CCN(C(=O)c2ccc(F)c(F)c2F)CC1. The number of carbonyl (C=O) groups is 1. The lowest BCUT2D eigenvalue weighted by atomic mass is 10.1. The highest BCUT2D eigenvalue weighted by Crippen LogP contribution is 2.20. The summed E-state index contributed by atoms with van der Waals surface area (Å²) in [6.07, 6.45) is 1.37. The van der Waals surface area contributed by atoms with Crippen molar-refractivity contribution in [2.45, 2.75) is 18.9 Å². The van der Waals surface area contributed by atoms with Crippen molar-refractivity contribution in [3.05, 3.63) is 35.1 Å². The minimum absolute atomic E-state index is 0.0823. The van der Waals surface area contributed by atoms with Crippen molar-refractivity contribution in [3.8, 4) is 0 Å². The molecule has 6 heteroatoms. The van der Waals surface area contributed by atoms with Crippen LogP contribution in [0.2, 0.25) is 0 Å². The molecule has 1 aliphatic heterocycles. The van der Waals surface area contributed by atoms with E-state index in [0.717, 1.165) is 12.1 Å². The van der Waals surface area contributed by atoms with E-state index < -0.39 is 28.9 Å². The number of methoxy groups -OCH3 is 1. The lowest BCUT2D eigenvalue weighted by molar-refractivity contribution is 0.0348. The maximum atomic E-state index is 13.5. The smallest absolute Gasteiger partial charge is 0.256 e. The molecule has 0 N–H and O–H groups in total. The summed E-state index contributed by atoms with van der Waals surface area (Å²) in [6.45, 7) is 0.825. The van der Waals surface area contributed by atoms with Gasteiger partial charge >= 0.3 is 0 Å². The zero-order valence-corrected chi connectivity index (χ0v) is 10.5. The maximum absolute atomic E-state index is 13.5. The molecule has 0 aliphatic carbocycles. The van der Waals surface area contributed by atoms with Crippen LogP contribution in [0.15, 0.2) is 12.1 Å². The number of piperidine rings is 1. The number of hydrogen-bond donors (Lipinski definition) is 0. The zero-order chi connectivity index (χ0) is 14.0. The molecule has 0 aromatic heterocycles. The maximum Gasteiger partial charge on any atom is 0.256 e. The third kappa shape index (κ3) is 2.73. The van der Waals surface area contributed by atoms with Gasteiger partial charge in [0.25, 0.3) is 5.91 Å². The van der Waals surface area contributed by atoms with Crippen molar-refractivity contribution in [1.82, 2.24) is 4.90 Å². The third-order valence-corrected chi connectivity index (χ3v) is 3.33. The Kier molecular flexibility index (Phi) is 4.09. The number of carbonyl (C=O) groups excluding carboxylic acids is 1. The Balaban J connectivity index is 2.15. The molecule has 3 nitrogen and oxygen atoms in total. The highest BCUT2D eigenvalue weighted by atomic mass is 19.2. The fraction of sp³-hybridized carbons (Fsp3) is 0.462. The summed E-state index contributed by atoms with van der Waals surface area (Å²) >= 11 is 0. The van der Waals surface area contributed by atoms with Crippen LogP contribution in [-0.2, 0) is 4.74 Å². The van der Waals surface area contributed by atoms with Gasteiger partial charge in [-0.25, -0.2) is 13.2 Å².